The molecule has 19 heavy (non-hydrogen) atoms. The van der Waals surface area contributed by atoms with E-state index < -0.39 is 11.8 Å². The highest BCUT2D eigenvalue weighted by Gasteiger charge is 2.35. The van der Waals surface area contributed by atoms with Crippen LogP contribution in [0.3, 0.4) is 0 Å². The summed E-state index contributed by atoms with van der Waals surface area (Å²) in [6, 6.07) is 0. The number of aliphatic hydroxyl groups is 2. The number of thioether (sulfide) groups is 1. The first-order valence-corrected chi connectivity index (χ1v) is 7.34. The molecule has 2 heterocycles. The summed E-state index contributed by atoms with van der Waals surface area (Å²) >= 11 is 1.37. The van der Waals surface area contributed by atoms with Crippen LogP contribution < -0.4 is 11.2 Å². The van der Waals surface area contributed by atoms with Crippen molar-refractivity contribution in [3.05, 3.63) is 32.6 Å². The molecule has 0 bridgehead atoms. The van der Waals surface area contributed by atoms with Crippen molar-refractivity contribution in [3.8, 4) is 0 Å². The van der Waals surface area contributed by atoms with Gasteiger partial charge in [0.25, 0.3) is 5.56 Å². The normalized spacial score (nSPS) is 30.7. The zero-order valence-corrected chi connectivity index (χ0v) is 11.1. The van der Waals surface area contributed by atoms with Gasteiger partial charge in [-0.3, -0.25) is 14.3 Å². The Labute approximate surface area is 113 Å². The summed E-state index contributed by atoms with van der Waals surface area (Å²) in [4.78, 5) is 25.9. The van der Waals surface area contributed by atoms with Gasteiger partial charge in [0.05, 0.1) is 23.3 Å². The summed E-state index contributed by atoms with van der Waals surface area (Å²) in [6.45, 7) is -0.115. The van der Waals surface area contributed by atoms with Crippen molar-refractivity contribution in [1.82, 2.24) is 9.55 Å². The summed E-state index contributed by atoms with van der Waals surface area (Å²) < 4.78 is 1.48. The molecule has 2 fully saturated rings. The van der Waals surface area contributed by atoms with Crippen molar-refractivity contribution in [1.29, 1.82) is 0 Å². The predicted molar refractivity (Wildman–Crippen MR) is 71.4 cm³/mol. The van der Waals surface area contributed by atoms with Crippen LogP contribution >= 0.6 is 11.8 Å². The first kappa shape index (κ1) is 13.0. The number of hydrogen-bond acceptors (Lipinski definition) is 5. The Morgan fingerprint density at radius 3 is 2.74 bits per heavy atom. The van der Waals surface area contributed by atoms with Gasteiger partial charge in [0.2, 0.25) is 0 Å². The Morgan fingerprint density at radius 1 is 1.42 bits per heavy atom. The molecule has 1 aromatic heterocycles. The lowest BCUT2D eigenvalue weighted by molar-refractivity contribution is 0.137. The molecular formula is C12H16N2O4S. The quantitative estimate of drug-likeness (QED) is 0.713. The van der Waals surface area contributed by atoms with E-state index in [0.29, 0.717) is 12.0 Å². The minimum atomic E-state index is -0.622. The van der Waals surface area contributed by atoms with Crippen molar-refractivity contribution < 1.29 is 10.2 Å². The van der Waals surface area contributed by atoms with E-state index in [4.69, 9.17) is 5.11 Å². The Morgan fingerprint density at radius 2 is 2.16 bits per heavy atom. The second-order valence-electron chi connectivity index (χ2n) is 5.14. The molecule has 1 saturated heterocycles. The second-order valence-corrected chi connectivity index (χ2v) is 6.56. The van der Waals surface area contributed by atoms with Crippen LogP contribution in [-0.4, -0.2) is 37.7 Å². The minimum Gasteiger partial charge on any atom is -0.395 e. The van der Waals surface area contributed by atoms with Crippen LogP contribution in [0.2, 0.25) is 0 Å². The molecule has 0 amide bonds. The van der Waals surface area contributed by atoms with Crippen LogP contribution in [0.4, 0.5) is 0 Å². The van der Waals surface area contributed by atoms with Crippen molar-refractivity contribution in [2.75, 3.05) is 6.61 Å². The van der Waals surface area contributed by atoms with Crippen LogP contribution in [0.1, 0.15) is 36.1 Å². The summed E-state index contributed by atoms with van der Waals surface area (Å²) in [5, 5.41) is 18.4. The van der Waals surface area contributed by atoms with E-state index in [-0.39, 0.29) is 28.7 Å². The summed E-state index contributed by atoms with van der Waals surface area (Å²) in [6.07, 6.45) is 3.39. The summed E-state index contributed by atoms with van der Waals surface area (Å²) in [5.41, 5.74) is -0.0918. The van der Waals surface area contributed by atoms with Gasteiger partial charge in [0.15, 0.2) is 0 Å². The molecule has 1 aliphatic carbocycles. The standard InChI is InChI=1S/C12H16N2O4S/c15-5-9-8(16)3-10(19-9)14-4-7(6-1-2-6)11(17)13-12(14)18/h4,6,8-10,15-16H,1-3,5H2,(H,13,17,18)/t8-,9+,10+/m0/s1. The number of H-pyrrole nitrogens is 1. The summed E-state index contributed by atoms with van der Waals surface area (Å²) in [7, 11) is 0. The highest BCUT2D eigenvalue weighted by molar-refractivity contribution is 8.00. The maximum atomic E-state index is 11.9. The van der Waals surface area contributed by atoms with Crippen LogP contribution in [0.25, 0.3) is 0 Å². The first-order chi connectivity index (χ1) is 9.10. The fourth-order valence-corrected chi connectivity index (χ4v) is 3.83. The second kappa shape index (κ2) is 4.81. The van der Waals surface area contributed by atoms with Crippen LogP contribution in [0, 0.1) is 0 Å². The van der Waals surface area contributed by atoms with E-state index in [0.717, 1.165) is 12.8 Å². The lowest BCUT2D eigenvalue weighted by atomic mass is 10.2. The third kappa shape index (κ3) is 2.37. The monoisotopic (exact) mass is 284 g/mol. The van der Waals surface area contributed by atoms with E-state index in [9.17, 15) is 14.7 Å². The van der Waals surface area contributed by atoms with Crippen LogP contribution in [-0.2, 0) is 0 Å². The van der Waals surface area contributed by atoms with Crippen molar-refractivity contribution >= 4 is 11.8 Å². The van der Waals surface area contributed by atoms with Gasteiger partial charge in [-0.05, 0) is 18.8 Å². The average molecular weight is 284 g/mol. The number of rotatable bonds is 3. The van der Waals surface area contributed by atoms with Gasteiger partial charge < -0.3 is 10.2 Å². The lowest BCUT2D eigenvalue weighted by Crippen LogP contribution is -2.32. The third-order valence-electron chi connectivity index (χ3n) is 3.71. The largest absolute Gasteiger partial charge is 0.395 e. The number of nitrogens with one attached hydrogen (secondary N) is 1. The molecule has 0 unspecified atom stereocenters. The lowest BCUT2D eigenvalue weighted by Gasteiger charge is -2.13. The third-order valence-corrected chi connectivity index (χ3v) is 5.25. The van der Waals surface area contributed by atoms with Crippen molar-refractivity contribution in [2.45, 2.75) is 41.9 Å². The summed E-state index contributed by atoms with van der Waals surface area (Å²) in [5.74, 6) is 0.264. The predicted octanol–water partition coefficient (Wildman–Crippen LogP) is -0.229. The Bertz CT molecular complexity index is 592. The molecule has 104 valence electrons. The van der Waals surface area contributed by atoms with Crippen LogP contribution in [0.5, 0.6) is 0 Å². The highest BCUT2D eigenvalue weighted by Crippen LogP contribution is 2.42. The molecule has 3 N–H and O–H groups in total. The maximum absolute atomic E-state index is 11.9. The van der Waals surface area contributed by atoms with E-state index >= 15 is 0 Å². The fraction of sp³-hybridized carbons (Fsp3) is 0.667. The van der Waals surface area contributed by atoms with Gasteiger partial charge in [-0.15, -0.1) is 11.8 Å². The topological polar surface area (TPSA) is 95.3 Å². The SMILES string of the molecule is O=c1[nH]c(=O)n([C@H]2C[C@H](O)[C@@H](CO)S2)cc1C1CC1. The molecule has 6 nitrogen and oxygen atoms in total. The van der Waals surface area contributed by atoms with Crippen molar-refractivity contribution in [2.24, 2.45) is 0 Å². The molecular weight excluding hydrogens is 268 g/mol. The van der Waals surface area contributed by atoms with E-state index in [2.05, 4.69) is 4.98 Å². The van der Waals surface area contributed by atoms with Gasteiger partial charge in [-0.25, -0.2) is 4.79 Å². The maximum Gasteiger partial charge on any atom is 0.329 e. The molecule has 0 radical (unpaired) electrons. The Kier molecular flexibility index (Phi) is 3.28. The van der Waals surface area contributed by atoms with E-state index in [1.807, 2.05) is 0 Å². The Hall–Kier alpha value is -1.05. The fourth-order valence-electron chi connectivity index (χ4n) is 2.45. The number of aromatic amines is 1. The van der Waals surface area contributed by atoms with Crippen LogP contribution in [0.15, 0.2) is 15.8 Å². The molecule has 2 aliphatic rings. The number of hydrogen-bond donors (Lipinski definition) is 3. The molecule has 0 aromatic carbocycles. The van der Waals surface area contributed by atoms with E-state index in [1.165, 1.54) is 16.3 Å². The first-order valence-electron chi connectivity index (χ1n) is 6.40. The molecule has 7 heteroatoms. The molecule has 0 spiro atoms. The Balaban J connectivity index is 1.95. The van der Waals surface area contributed by atoms with Gasteiger partial charge in [-0.2, -0.15) is 0 Å². The number of aromatic nitrogens is 2. The zero-order chi connectivity index (χ0) is 13.6. The van der Waals surface area contributed by atoms with Gasteiger partial charge in [-0.1, -0.05) is 0 Å². The van der Waals surface area contributed by atoms with Gasteiger partial charge >= 0.3 is 5.69 Å². The smallest absolute Gasteiger partial charge is 0.329 e. The zero-order valence-electron chi connectivity index (χ0n) is 10.3. The molecule has 3 rings (SSSR count). The minimum absolute atomic E-state index is 0.115. The molecule has 1 aliphatic heterocycles. The van der Waals surface area contributed by atoms with Gasteiger partial charge in [0.1, 0.15) is 0 Å². The number of aliphatic hydroxyl groups excluding tert-OH is 2. The molecule has 3 atom stereocenters. The average Bonchev–Trinajstić information content (AvgIpc) is 3.13. The van der Waals surface area contributed by atoms with E-state index in [1.54, 1.807) is 6.20 Å². The highest BCUT2D eigenvalue weighted by atomic mass is 32.2. The molecule has 1 saturated carbocycles. The molecule has 1 aromatic rings. The number of nitrogens with zero attached hydrogens (tertiary/aromatic N) is 1. The van der Waals surface area contributed by atoms with Gasteiger partial charge in [0, 0.05) is 18.2 Å². The van der Waals surface area contributed by atoms with Crippen molar-refractivity contribution in [3.63, 3.8) is 0 Å².